The van der Waals surface area contributed by atoms with Gasteiger partial charge < -0.3 is 4.74 Å². The SMILES string of the molecule is CCOCCC(CC1CCCc2ccccc21)NN. The molecular formula is C16H26N2O. The van der Waals surface area contributed by atoms with Crippen LogP contribution < -0.4 is 11.3 Å². The van der Waals surface area contributed by atoms with E-state index in [0.717, 1.165) is 26.1 Å². The minimum absolute atomic E-state index is 0.350. The monoisotopic (exact) mass is 262 g/mol. The fourth-order valence-corrected chi connectivity index (χ4v) is 3.08. The number of ether oxygens (including phenoxy) is 1. The molecule has 0 fully saturated rings. The molecule has 1 aliphatic rings. The fraction of sp³-hybridized carbons (Fsp3) is 0.625. The van der Waals surface area contributed by atoms with Crippen LogP contribution in [0.15, 0.2) is 24.3 Å². The van der Waals surface area contributed by atoms with Crippen LogP contribution in [0.1, 0.15) is 49.7 Å². The topological polar surface area (TPSA) is 47.3 Å². The average Bonchev–Trinajstić information content (AvgIpc) is 2.46. The molecule has 1 aromatic carbocycles. The summed E-state index contributed by atoms with van der Waals surface area (Å²) in [6, 6.07) is 9.21. The van der Waals surface area contributed by atoms with Gasteiger partial charge in [0.15, 0.2) is 0 Å². The summed E-state index contributed by atoms with van der Waals surface area (Å²) in [5.74, 6) is 6.33. The molecule has 19 heavy (non-hydrogen) atoms. The third-order valence-electron chi connectivity index (χ3n) is 4.11. The van der Waals surface area contributed by atoms with E-state index in [1.165, 1.54) is 30.4 Å². The van der Waals surface area contributed by atoms with E-state index in [4.69, 9.17) is 10.6 Å². The van der Waals surface area contributed by atoms with E-state index in [1.54, 1.807) is 0 Å². The van der Waals surface area contributed by atoms with Gasteiger partial charge in [0.25, 0.3) is 0 Å². The second-order valence-corrected chi connectivity index (χ2v) is 5.37. The van der Waals surface area contributed by atoms with Crippen molar-refractivity contribution in [3.8, 4) is 0 Å². The van der Waals surface area contributed by atoms with Crippen LogP contribution >= 0.6 is 0 Å². The van der Waals surface area contributed by atoms with Crippen molar-refractivity contribution in [2.75, 3.05) is 13.2 Å². The van der Waals surface area contributed by atoms with Gasteiger partial charge >= 0.3 is 0 Å². The molecule has 0 amide bonds. The Hall–Kier alpha value is -0.900. The van der Waals surface area contributed by atoms with Crippen LogP contribution in [0, 0.1) is 0 Å². The summed E-state index contributed by atoms with van der Waals surface area (Å²) in [5, 5.41) is 0. The Bertz CT molecular complexity index is 381. The van der Waals surface area contributed by atoms with Crippen molar-refractivity contribution in [2.24, 2.45) is 5.84 Å². The number of hydrogen-bond acceptors (Lipinski definition) is 3. The standard InChI is InChI=1S/C16H26N2O/c1-2-19-11-10-15(18-17)12-14-8-5-7-13-6-3-4-9-16(13)14/h3-4,6,9,14-15,18H,2,5,7-8,10-12,17H2,1H3. The van der Waals surface area contributed by atoms with Crippen LogP contribution in [0.2, 0.25) is 0 Å². The molecule has 1 aromatic rings. The molecule has 2 atom stereocenters. The summed E-state index contributed by atoms with van der Waals surface area (Å²) in [4.78, 5) is 0. The third kappa shape index (κ3) is 4.03. The molecule has 1 aliphatic carbocycles. The number of rotatable bonds is 7. The lowest BCUT2D eigenvalue weighted by Crippen LogP contribution is -2.37. The molecule has 106 valence electrons. The highest BCUT2D eigenvalue weighted by atomic mass is 16.5. The van der Waals surface area contributed by atoms with E-state index in [-0.39, 0.29) is 0 Å². The zero-order chi connectivity index (χ0) is 13.5. The summed E-state index contributed by atoms with van der Waals surface area (Å²) < 4.78 is 5.43. The Morgan fingerprint density at radius 1 is 1.42 bits per heavy atom. The Balaban J connectivity index is 1.94. The maximum absolute atomic E-state index is 5.69. The summed E-state index contributed by atoms with van der Waals surface area (Å²) >= 11 is 0. The van der Waals surface area contributed by atoms with E-state index < -0.39 is 0 Å². The maximum atomic E-state index is 5.69. The molecule has 0 saturated heterocycles. The lowest BCUT2D eigenvalue weighted by atomic mass is 9.79. The Morgan fingerprint density at radius 2 is 2.26 bits per heavy atom. The summed E-state index contributed by atoms with van der Waals surface area (Å²) in [5.41, 5.74) is 6.02. The van der Waals surface area contributed by atoms with Crippen LogP contribution in [0.4, 0.5) is 0 Å². The molecule has 0 bridgehead atoms. The van der Waals surface area contributed by atoms with Crippen LogP contribution in [0.3, 0.4) is 0 Å². The number of fused-ring (bicyclic) bond motifs is 1. The lowest BCUT2D eigenvalue weighted by molar-refractivity contribution is 0.134. The first-order valence-corrected chi connectivity index (χ1v) is 7.46. The van der Waals surface area contributed by atoms with Gasteiger partial charge in [-0.3, -0.25) is 11.3 Å². The number of aryl methyl sites for hydroxylation is 1. The van der Waals surface area contributed by atoms with Gasteiger partial charge in [-0.25, -0.2) is 0 Å². The molecule has 3 nitrogen and oxygen atoms in total. The van der Waals surface area contributed by atoms with Gasteiger partial charge in [-0.15, -0.1) is 0 Å². The van der Waals surface area contributed by atoms with Crippen LogP contribution in [0.25, 0.3) is 0 Å². The van der Waals surface area contributed by atoms with Gasteiger partial charge in [0, 0.05) is 19.3 Å². The number of hydrazine groups is 1. The molecule has 3 N–H and O–H groups in total. The van der Waals surface area contributed by atoms with E-state index in [2.05, 4.69) is 29.7 Å². The van der Waals surface area contributed by atoms with Crippen LogP contribution in [-0.2, 0) is 11.2 Å². The first-order chi connectivity index (χ1) is 9.35. The molecule has 2 rings (SSSR count). The number of nitrogens with two attached hydrogens (primary N) is 1. The molecule has 0 aromatic heterocycles. The van der Waals surface area contributed by atoms with Crippen molar-refractivity contribution >= 4 is 0 Å². The second kappa shape index (κ2) is 7.63. The van der Waals surface area contributed by atoms with E-state index in [9.17, 15) is 0 Å². The van der Waals surface area contributed by atoms with Crippen molar-refractivity contribution in [1.29, 1.82) is 0 Å². The van der Waals surface area contributed by atoms with Crippen molar-refractivity contribution in [3.05, 3.63) is 35.4 Å². The second-order valence-electron chi connectivity index (χ2n) is 5.37. The van der Waals surface area contributed by atoms with E-state index in [1.807, 2.05) is 6.92 Å². The number of nitrogens with one attached hydrogen (secondary N) is 1. The quantitative estimate of drug-likeness (QED) is 0.451. The third-order valence-corrected chi connectivity index (χ3v) is 4.11. The highest BCUT2D eigenvalue weighted by Crippen LogP contribution is 2.34. The minimum Gasteiger partial charge on any atom is -0.382 e. The van der Waals surface area contributed by atoms with E-state index in [0.29, 0.717) is 12.0 Å². The molecule has 0 heterocycles. The zero-order valence-corrected chi connectivity index (χ0v) is 11.9. The largest absolute Gasteiger partial charge is 0.382 e. The van der Waals surface area contributed by atoms with Gasteiger partial charge in [0.05, 0.1) is 0 Å². The first-order valence-electron chi connectivity index (χ1n) is 7.46. The van der Waals surface area contributed by atoms with Gasteiger partial charge in [0.1, 0.15) is 0 Å². The normalized spacial score (nSPS) is 20.0. The van der Waals surface area contributed by atoms with Gasteiger partial charge in [-0.1, -0.05) is 24.3 Å². The predicted molar refractivity (Wildman–Crippen MR) is 79.0 cm³/mol. The Morgan fingerprint density at radius 3 is 3.05 bits per heavy atom. The molecule has 2 unspecified atom stereocenters. The van der Waals surface area contributed by atoms with Crippen molar-refractivity contribution in [1.82, 2.24) is 5.43 Å². The minimum atomic E-state index is 0.350. The van der Waals surface area contributed by atoms with Crippen LogP contribution in [-0.4, -0.2) is 19.3 Å². The average molecular weight is 262 g/mol. The summed E-state index contributed by atoms with van der Waals surface area (Å²) in [6.07, 6.45) is 5.91. The molecular weight excluding hydrogens is 236 g/mol. The smallest absolute Gasteiger partial charge is 0.0481 e. The highest BCUT2D eigenvalue weighted by molar-refractivity contribution is 5.32. The molecule has 0 aliphatic heterocycles. The molecule has 0 radical (unpaired) electrons. The molecule has 0 spiro atoms. The highest BCUT2D eigenvalue weighted by Gasteiger charge is 2.22. The first kappa shape index (κ1) is 14.5. The van der Waals surface area contributed by atoms with Crippen molar-refractivity contribution in [2.45, 2.75) is 51.0 Å². The molecule has 3 heteroatoms. The van der Waals surface area contributed by atoms with Crippen molar-refractivity contribution < 1.29 is 4.74 Å². The maximum Gasteiger partial charge on any atom is 0.0481 e. The summed E-state index contributed by atoms with van der Waals surface area (Å²) in [6.45, 7) is 3.60. The fourth-order valence-electron chi connectivity index (χ4n) is 3.08. The number of hydrogen-bond donors (Lipinski definition) is 2. The van der Waals surface area contributed by atoms with Gasteiger partial charge in [-0.05, 0) is 56.1 Å². The van der Waals surface area contributed by atoms with Crippen molar-refractivity contribution in [3.63, 3.8) is 0 Å². The number of benzene rings is 1. The van der Waals surface area contributed by atoms with Gasteiger partial charge in [0.2, 0.25) is 0 Å². The Labute approximate surface area is 116 Å². The molecule has 0 saturated carbocycles. The zero-order valence-electron chi connectivity index (χ0n) is 11.9. The van der Waals surface area contributed by atoms with E-state index >= 15 is 0 Å². The Kier molecular flexibility index (Phi) is 5.83. The van der Waals surface area contributed by atoms with Crippen LogP contribution in [0.5, 0.6) is 0 Å². The lowest BCUT2D eigenvalue weighted by Gasteiger charge is -2.28. The predicted octanol–water partition coefficient (Wildman–Crippen LogP) is 2.76. The summed E-state index contributed by atoms with van der Waals surface area (Å²) in [7, 11) is 0. The van der Waals surface area contributed by atoms with Gasteiger partial charge in [-0.2, -0.15) is 0 Å².